The maximum Gasteiger partial charge on any atom is 0.418 e. The smallest absolute Gasteiger partial charge is 0.418 e. The summed E-state index contributed by atoms with van der Waals surface area (Å²) in [6, 6.07) is 6.41. The van der Waals surface area contributed by atoms with Gasteiger partial charge in [-0.05, 0) is 76.0 Å². The van der Waals surface area contributed by atoms with Gasteiger partial charge in [0.15, 0.2) is 11.6 Å². The first-order valence-corrected chi connectivity index (χ1v) is 16.9. The number of likely N-dealkylation sites (N-methyl/N-ethyl adjacent to an activating group) is 1. The fraction of sp³-hybridized carbons (Fsp3) is 0.400. The Bertz CT molecular complexity index is 2020. The standard InChI is InChI=1S/C35H34ClF5N8O2/c1-18-12-26(42)44-31(28(18)35(39,40)41)27-24(36)14-23-30(29(27)38)45-34(51-17-22-7-5-11-47(22)2)46-32(23)48-15-20-8-9-21(16-48)49(20)33(50)25(37)13-19-6-3-4-10-43-19/h3-4,6,10,12-14,20-22H,5,7-9,11,15-17H2,1-2H3,(H2,42,44)/b25-13-/t20?,21?,22-/m0/s1. The van der Waals surface area contributed by atoms with Crippen LogP contribution in [0.4, 0.5) is 33.6 Å². The number of aryl methyl sites for hydroxylation is 1. The monoisotopic (exact) mass is 728 g/mol. The molecule has 7 rings (SSSR count). The number of amides is 1. The van der Waals surface area contributed by atoms with Crippen LogP contribution in [0, 0.1) is 12.7 Å². The van der Waals surface area contributed by atoms with Crippen molar-refractivity contribution in [1.82, 2.24) is 29.7 Å². The van der Waals surface area contributed by atoms with Crippen LogP contribution in [0.25, 0.3) is 28.2 Å². The van der Waals surface area contributed by atoms with Crippen molar-refractivity contribution >= 4 is 46.1 Å². The van der Waals surface area contributed by atoms with E-state index in [-0.39, 0.29) is 64.9 Å². The van der Waals surface area contributed by atoms with Crippen molar-refractivity contribution in [3.63, 3.8) is 0 Å². The molecule has 0 saturated carbocycles. The minimum atomic E-state index is -4.90. The summed E-state index contributed by atoms with van der Waals surface area (Å²) < 4.78 is 81.0. The molecule has 3 atom stereocenters. The number of benzene rings is 1. The van der Waals surface area contributed by atoms with E-state index in [9.17, 15) is 18.0 Å². The number of nitrogens with two attached hydrogens (primary N) is 1. The minimum Gasteiger partial charge on any atom is -0.462 e. The first kappa shape index (κ1) is 34.8. The van der Waals surface area contributed by atoms with Gasteiger partial charge in [-0.3, -0.25) is 9.78 Å². The van der Waals surface area contributed by atoms with Gasteiger partial charge in [-0.2, -0.15) is 23.1 Å². The highest BCUT2D eigenvalue weighted by Crippen LogP contribution is 2.45. The van der Waals surface area contributed by atoms with Gasteiger partial charge < -0.3 is 25.2 Å². The van der Waals surface area contributed by atoms with Crippen molar-refractivity contribution in [3.8, 4) is 17.3 Å². The van der Waals surface area contributed by atoms with Crippen LogP contribution in [0.1, 0.15) is 42.5 Å². The second-order valence-electron chi connectivity index (χ2n) is 13.2. The Morgan fingerprint density at radius 2 is 1.86 bits per heavy atom. The summed E-state index contributed by atoms with van der Waals surface area (Å²) in [6.45, 7) is 2.72. The lowest BCUT2D eigenvalue weighted by molar-refractivity contribution is -0.137. The number of anilines is 2. The third-order valence-electron chi connectivity index (χ3n) is 9.86. The number of hydrogen-bond donors (Lipinski definition) is 1. The van der Waals surface area contributed by atoms with Crippen LogP contribution < -0.4 is 15.4 Å². The van der Waals surface area contributed by atoms with Crippen molar-refractivity contribution in [2.75, 3.05) is 43.9 Å². The number of piperazine rings is 1. The number of likely N-dealkylation sites (tertiary alicyclic amines) is 1. The first-order chi connectivity index (χ1) is 24.3. The Morgan fingerprint density at radius 1 is 1.12 bits per heavy atom. The molecule has 0 spiro atoms. The van der Waals surface area contributed by atoms with Gasteiger partial charge in [0, 0.05) is 36.8 Å². The summed E-state index contributed by atoms with van der Waals surface area (Å²) in [7, 11) is 1.96. The number of nitrogen functional groups attached to an aromatic ring is 1. The van der Waals surface area contributed by atoms with Gasteiger partial charge in [0.2, 0.25) is 0 Å². The maximum atomic E-state index is 16.8. The van der Waals surface area contributed by atoms with Crippen LogP contribution in [-0.2, 0) is 11.0 Å². The predicted octanol–water partition coefficient (Wildman–Crippen LogP) is 6.45. The number of ether oxygens (including phenoxy) is 1. The zero-order chi connectivity index (χ0) is 36.2. The summed E-state index contributed by atoms with van der Waals surface area (Å²) in [4.78, 5) is 35.8. The Morgan fingerprint density at radius 3 is 2.51 bits per heavy atom. The topological polar surface area (TPSA) is 114 Å². The zero-order valence-electron chi connectivity index (χ0n) is 27.7. The molecule has 2 unspecified atom stereocenters. The number of carbonyl (C=O) groups is 1. The Kier molecular flexibility index (Phi) is 9.21. The summed E-state index contributed by atoms with van der Waals surface area (Å²) >= 11 is 6.61. The molecule has 3 aliphatic heterocycles. The molecule has 3 saturated heterocycles. The lowest BCUT2D eigenvalue weighted by atomic mass is 9.99. The number of hydrogen-bond acceptors (Lipinski definition) is 9. The van der Waals surface area contributed by atoms with Crippen LogP contribution in [0.15, 0.2) is 42.4 Å². The second kappa shape index (κ2) is 13.5. The summed E-state index contributed by atoms with van der Waals surface area (Å²) in [5.41, 5.74) is 3.04. The molecule has 1 aromatic carbocycles. The highest BCUT2D eigenvalue weighted by atomic mass is 35.5. The third-order valence-corrected chi connectivity index (χ3v) is 10.2. The maximum absolute atomic E-state index is 16.8. The number of aromatic nitrogens is 4. The zero-order valence-corrected chi connectivity index (χ0v) is 28.5. The van der Waals surface area contributed by atoms with Gasteiger partial charge in [-0.15, -0.1) is 0 Å². The summed E-state index contributed by atoms with van der Waals surface area (Å²) in [5.74, 6) is -2.86. The number of rotatable bonds is 7. The van der Waals surface area contributed by atoms with E-state index in [4.69, 9.17) is 22.1 Å². The normalized spacial score (nSPS) is 21.2. The second-order valence-corrected chi connectivity index (χ2v) is 13.6. The summed E-state index contributed by atoms with van der Waals surface area (Å²) in [5, 5.41) is -0.228. The highest BCUT2D eigenvalue weighted by molar-refractivity contribution is 6.34. The highest BCUT2D eigenvalue weighted by Gasteiger charge is 2.45. The Balaban J connectivity index is 1.30. The number of pyridine rings is 2. The molecule has 2 bridgehead atoms. The SMILES string of the molecule is Cc1cc(N)nc(-c2c(Cl)cc3c(N4CC5CCC(C4)N5C(=O)/C(F)=C/c4ccccn4)nc(OC[C@@H]4CCCN4C)nc3c2F)c1C(F)(F)F. The van der Waals surface area contributed by atoms with Crippen LogP contribution in [0.5, 0.6) is 6.01 Å². The molecule has 1 amide bonds. The van der Waals surface area contributed by atoms with E-state index in [0.29, 0.717) is 18.5 Å². The van der Waals surface area contributed by atoms with E-state index in [1.807, 2.05) is 11.9 Å². The van der Waals surface area contributed by atoms with Crippen molar-refractivity contribution in [1.29, 1.82) is 0 Å². The molecule has 3 aliphatic rings. The van der Waals surface area contributed by atoms with Gasteiger partial charge in [0.1, 0.15) is 23.8 Å². The average Bonchev–Trinajstić information content (AvgIpc) is 3.60. The molecule has 10 nitrogen and oxygen atoms in total. The fourth-order valence-corrected chi connectivity index (χ4v) is 7.75. The van der Waals surface area contributed by atoms with Gasteiger partial charge in [0.05, 0.1) is 39.6 Å². The molecule has 3 fully saturated rings. The lowest BCUT2D eigenvalue weighted by Crippen LogP contribution is -2.56. The van der Waals surface area contributed by atoms with E-state index in [1.54, 1.807) is 18.2 Å². The van der Waals surface area contributed by atoms with E-state index in [1.165, 1.54) is 24.1 Å². The number of fused-ring (bicyclic) bond motifs is 3. The first-order valence-electron chi connectivity index (χ1n) is 16.5. The molecule has 3 aromatic heterocycles. The Labute approximate surface area is 295 Å². The molecule has 6 heterocycles. The number of carbonyl (C=O) groups excluding carboxylic acids is 1. The fourth-order valence-electron chi connectivity index (χ4n) is 7.46. The van der Waals surface area contributed by atoms with Crippen molar-refractivity contribution in [2.45, 2.75) is 56.9 Å². The largest absolute Gasteiger partial charge is 0.462 e. The molecular formula is C35H34ClF5N8O2. The van der Waals surface area contributed by atoms with Crippen LogP contribution in [-0.4, -0.2) is 87.1 Å². The lowest BCUT2D eigenvalue weighted by Gasteiger charge is -2.41. The van der Waals surface area contributed by atoms with Gasteiger partial charge in [0.25, 0.3) is 5.91 Å². The van der Waals surface area contributed by atoms with Crippen LogP contribution in [0.2, 0.25) is 5.02 Å². The average molecular weight is 729 g/mol. The van der Waals surface area contributed by atoms with E-state index in [2.05, 4.69) is 24.8 Å². The molecule has 0 radical (unpaired) electrons. The van der Waals surface area contributed by atoms with E-state index >= 15 is 8.78 Å². The van der Waals surface area contributed by atoms with Crippen LogP contribution >= 0.6 is 11.6 Å². The van der Waals surface area contributed by atoms with Crippen LogP contribution in [0.3, 0.4) is 0 Å². The van der Waals surface area contributed by atoms with Crippen molar-refractivity contribution in [2.24, 2.45) is 0 Å². The van der Waals surface area contributed by atoms with Gasteiger partial charge >= 0.3 is 12.2 Å². The quantitative estimate of drug-likeness (QED) is 0.169. The predicted molar refractivity (Wildman–Crippen MR) is 182 cm³/mol. The molecule has 51 heavy (non-hydrogen) atoms. The molecule has 4 aromatic rings. The molecule has 2 N–H and O–H groups in total. The van der Waals surface area contributed by atoms with Gasteiger partial charge in [-0.25, -0.2) is 13.8 Å². The number of alkyl halides is 3. The van der Waals surface area contributed by atoms with Crippen molar-refractivity contribution < 1.29 is 31.5 Å². The van der Waals surface area contributed by atoms with E-state index in [0.717, 1.165) is 31.5 Å². The van der Waals surface area contributed by atoms with Gasteiger partial charge in [-0.1, -0.05) is 17.7 Å². The third kappa shape index (κ3) is 6.64. The molecular weight excluding hydrogens is 695 g/mol. The number of nitrogens with zero attached hydrogens (tertiary/aromatic N) is 7. The molecule has 268 valence electrons. The molecule has 16 heteroatoms. The molecule has 0 aliphatic carbocycles. The van der Waals surface area contributed by atoms with Crippen molar-refractivity contribution in [3.05, 3.63) is 70.0 Å². The Hall–Kier alpha value is -4.63. The van der Waals surface area contributed by atoms with E-state index < -0.39 is 52.6 Å². The summed E-state index contributed by atoms with van der Waals surface area (Å²) in [6.07, 6.45) is 0.724. The minimum absolute atomic E-state index is 0.0617. The number of halogens is 6.